The zero-order valence-electron chi connectivity index (χ0n) is 11.8. The van der Waals surface area contributed by atoms with Gasteiger partial charge in [0.15, 0.2) is 5.82 Å². The molecule has 0 aliphatic rings. The third-order valence-electron chi connectivity index (χ3n) is 3.50. The molecule has 3 rings (SSSR count). The topological polar surface area (TPSA) is 85.8 Å². The zero-order chi connectivity index (χ0) is 15.0. The largest absolute Gasteiger partial charge is 0.478 e. The van der Waals surface area contributed by atoms with Crippen LogP contribution in [0.15, 0.2) is 24.5 Å². The number of aromatic carboxylic acids is 1. The highest BCUT2D eigenvalue weighted by Crippen LogP contribution is 2.20. The maximum atomic E-state index is 11.1. The number of carboxylic acid groups (broad SMARTS) is 1. The van der Waals surface area contributed by atoms with Gasteiger partial charge in [-0.25, -0.2) is 9.78 Å². The number of imidazole rings is 1. The second-order valence-electron chi connectivity index (χ2n) is 4.83. The van der Waals surface area contributed by atoms with Crippen LogP contribution in [0.5, 0.6) is 0 Å². The van der Waals surface area contributed by atoms with Crippen molar-refractivity contribution in [2.45, 2.75) is 19.9 Å². The number of hydrogen-bond donors (Lipinski definition) is 1. The molecule has 0 atom stereocenters. The van der Waals surface area contributed by atoms with Gasteiger partial charge in [0.05, 0.1) is 23.1 Å². The Hall–Kier alpha value is -2.70. The normalized spacial score (nSPS) is 11.1. The molecule has 0 radical (unpaired) electrons. The molecule has 0 amide bonds. The van der Waals surface area contributed by atoms with Gasteiger partial charge >= 0.3 is 5.97 Å². The summed E-state index contributed by atoms with van der Waals surface area (Å²) in [5.74, 6) is 0.752. The van der Waals surface area contributed by atoms with Crippen molar-refractivity contribution in [1.82, 2.24) is 24.3 Å². The first kappa shape index (κ1) is 13.3. The van der Waals surface area contributed by atoms with Crippen LogP contribution in [0.4, 0.5) is 0 Å². The third kappa shape index (κ3) is 2.26. The van der Waals surface area contributed by atoms with E-state index in [9.17, 15) is 4.79 Å². The Morgan fingerprint density at radius 2 is 2.14 bits per heavy atom. The Morgan fingerprint density at radius 3 is 2.76 bits per heavy atom. The summed E-state index contributed by atoms with van der Waals surface area (Å²) in [6, 6.07) is 4.97. The van der Waals surface area contributed by atoms with Crippen LogP contribution in [-0.4, -0.2) is 35.4 Å². The SMILES string of the molecule is CCc1nc2ccc(C(=O)O)cc2n1Cc1nncn1C. The van der Waals surface area contributed by atoms with E-state index >= 15 is 0 Å². The van der Waals surface area contributed by atoms with Gasteiger partial charge in [0.25, 0.3) is 0 Å². The van der Waals surface area contributed by atoms with E-state index in [1.54, 1.807) is 24.5 Å². The maximum absolute atomic E-state index is 11.1. The Kier molecular flexibility index (Phi) is 3.17. The van der Waals surface area contributed by atoms with Gasteiger partial charge < -0.3 is 14.2 Å². The molecule has 0 spiro atoms. The number of carbonyl (C=O) groups is 1. The lowest BCUT2D eigenvalue weighted by Gasteiger charge is -2.07. The van der Waals surface area contributed by atoms with Gasteiger partial charge in [0.2, 0.25) is 0 Å². The van der Waals surface area contributed by atoms with Crippen molar-refractivity contribution in [3.05, 3.63) is 41.7 Å². The highest BCUT2D eigenvalue weighted by Gasteiger charge is 2.14. The molecular weight excluding hydrogens is 270 g/mol. The minimum atomic E-state index is -0.943. The molecule has 0 saturated heterocycles. The number of fused-ring (bicyclic) bond motifs is 1. The lowest BCUT2D eigenvalue weighted by Crippen LogP contribution is -2.09. The highest BCUT2D eigenvalue weighted by atomic mass is 16.4. The van der Waals surface area contributed by atoms with E-state index in [4.69, 9.17) is 5.11 Å². The molecule has 0 aliphatic carbocycles. The van der Waals surface area contributed by atoms with Crippen molar-refractivity contribution in [3.63, 3.8) is 0 Å². The summed E-state index contributed by atoms with van der Waals surface area (Å²) in [5.41, 5.74) is 1.85. The molecule has 1 aromatic carbocycles. The summed E-state index contributed by atoms with van der Waals surface area (Å²) in [6.45, 7) is 2.53. The minimum absolute atomic E-state index is 0.254. The molecule has 3 aromatic rings. The van der Waals surface area contributed by atoms with Crippen molar-refractivity contribution in [1.29, 1.82) is 0 Å². The fraction of sp³-hybridized carbons (Fsp3) is 0.286. The fourth-order valence-corrected chi connectivity index (χ4v) is 2.34. The first-order valence-corrected chi connectivity index (χ1v) is 6.65. The van der Waals surface area contributed by atoms with Gasteiger partial charge in [-0.15, -0.1) is 10.2 Å². The molecule has 2 heterocycles. The quantitative estimate of drug-likeness (QED) is 0.784. The van der Waals surface area contributed by atoms with Crippen LogP contribution in [0.25, 0.3) is 11.0 Å². The summed E-state index contributed by atoms with van der Waals surface area (Å²) in [4.78, 5) is 15.7. The van der Waals surface area contributed by atoms with E-state index < -0.39 is 5.97 Å². The zero-order valence-corrected chi connectivity index (χ0v) is 11.8. The maximum Gasteiger partial charge on any atom is 0.335 e. The molecule has 0 unspecified atom stereocenters. The lowest BCUT2D eigenvalue weighted by molar-refractivity contribution is 0.0697. The van der Waals surface area contributed by atoms with E-state index in [1.807, 2.05) is 23.1 Å². The van der Waals surface area contributed by atoms with Crippen LogP contribution in [0.1, 0.15) is 28.9 Å². The Morgan fingerprint density at radius 1 is 1.33 bits per heavy atom. The van der Waals surface area contributed by atoms with E-state index in [1.165, 1.54) is 0 Å². The molecule has 7 heteroatoms. The predicted molar refractivity (Wildman–Crippen MR) is 76.2 cm³/mol. The molecule has 108 valence electrons. The van der Waals surface area contributed by atoms with Gasteiger partial charge in [0, 0.05) is 13.5 Å². The second-order valence-corrected chi connectivity index (χ2v) is 4.83. The number of aryl methyl sites for hydroxylation is 2. The van der Waals surface area contributed by atoms with Crippen molar-refractivity contribution in [2.24, 2.45) is 7.05 Å². The third-order valence-corrected chi connectivity index (χ3v) is 3.50. The molecule has 0 bridgehead atoms. The van der Waals surface area contributed by atoms with Crippen molar-refractivity contribution >= 4 is 17.0 Å². The van der Waals surface area contributed by atoms with Crippen LogP contribution < -0.4 is 0 Å². The smallest absolute Gasteiger partial charge is 0.335 e. The number of rotatable bonds is 4. The van der Waals surface area contributed by atoms with Crippen molar-refractivity contribution in [2.75, 3.05) is 0 Å². The average Bonchev–Trinajstić information content (AvgIpc) is 3.03. The number of carboxylic acids is 1. The van der Waals surface area contributed by atoms with Crippen LogP contribution in [0.2, 0.25) is 0 Å². The summed E-state index contributed by atoms with van der Waals surface area (Å²) in [5, 5.41) is 17.1. The van der Waals surface area contributed by atoms with Gasteiger partial charge in [-0.3, -0.25) is 0 Å². The van der Waals surface area contributed by atoms with E-state index in [0.717, 1.165) is 29.1 Å². The molecule has 0 fully saturated rings. The van der Waals surface area contributed by atoms with Gasteiger partial charge in [-0.2, -0.15) is 0 Å². The van der Waals surface area contributed by atoms with Gasteiger partial charge in [0.1, 0.15) is 12.2 Å². The summed E-state index contributed by atoms with van der Waals surface area (Å²) in [7, 11) is 1.88. The number of benzene rings is 1. The Bertz CT molecular complexity index is 818. The molecule has 1 N–H and O–H groups in total. The number of hydrogen-bond acceptors (Lipinski definition) is 4. The molecule has 2 aromatic heterocycles. The molecular formula is C14H15N5O2. The molecule has 7 nitrogen and oxygen atoms in total. The van der Waals surface area contributed by atoms with E-state index in [-0.39, 0.29) is 5.56 Å². The van der Waals surface area contributed by atoms with Crippen LogP contribution in [-0.2, 0) is 20.0 Å². The first-order chi connectivity index (χ1) is 10.1. The van der Waals surface area contributed by atoms with Gasteiger partial charge in [-0.05, 0) is 18.2 Å². The monoisotopic (exact) mass is 285 g/mol. The average molecular weight is 285 g/mol. The second kappa shape index (κ2) is 5.01. The van der Waals surface area contributed by atoms with E-state index in [2.05, 4.69) is 15.2 Å². The summed E-state index contributed by atoms with van der Waals surface area (Å²) in [6.07, 6.45) is 2.40. The Balaban J connectivity index is 2.16. The highest BCUT2D eigenvalue weighted by molar-refractivity contribution is 5.92. The fourth-order valence-electron chi connectivity index (χ4n) is 2.34. The molecule has 0 saturated carbocycles. The van der Waals surface area contributed by atoms with Crippen LogP contribution in [0, 0.1) is 0 Å². The Labute approximate surface area is 120 Å². The standard InChI is InChI=1S/C14H15N5O2/c1-3-12-16-10-5-4-9(14(20)21)6-11(10)19(12)7-13-17-15-8-18(13)2/h4-6,8H,3,7H2,1-2H3,(H,20,21). The minimum Gasteiger partial charge on any atom is -0.478 e. The van der Waals surface area contributed by atoms with Gasteiger partial charge in [-0.1, -0.05) is 6.92 Å². The van der Waals surface area contributed by atoms with Crippen molar-refractivity contribution in [3.8, 4) is 0 Å². The lowest BCUT2D eigenvalue weighted by atomic mass is 10.2. The predicted octanol–water partition coefficient (Wildman–Crippen LogP) is 1.47. The summed E-state index contributed by atoms with van der Waals surface area (Å²) >= 11 is 0. The number of aromatic nitrogens is 5. The molecule has 21 heavy (non-hydrogen) atoms. The number of nitrogens with zero attached hydrogens (tertiary/aromatic N) is 5. The van der Waals surface area contributed by atoms with Crippen LogP contribution >= 0.6 is 0 Å². The molecule has 0 aliphatic heterocycles. The first-order valence-electron chi connectivity index (χ1n) is 6.65. The summed E-state index contributed by atoms with van der Waals surface area (Å²) < 4.78 is 3.83. The van der Waals surface area contributed by atoms with Crippen LogP contribution in [0.3, 0.4) is 0 Å². The van der Waals surface area contributed by atoms with Crippen molar-refractivity contribution < 1.29 is 9.90 Å². The van der Waals surface area contributed by atoms with E-state index in [0.29, 0.717) is 6.54 Å².